The lowest BCUT2D eigenvalue weighted by Gasteiger charge is -2.35. The molecule has 6 nitrogen and oxygen atoms in total. The predicted octanol–water partition coefficient (Wildman–Crippen LogP) is 1.95. The van der Waals surface area contributed by atoms with Gasteiger partial charge in [0.1, 0.15) is 5.65 Å². The molecule has 1 saturated heterocycles. The first kappa shape index (κ1) is 15.0. The molecule has 2 atom stereocenters. The number of imidazole rings is 1. The summed E-state index contributed by atoms with van der Waals surface area (Å²) in [5.41, 5.74) is 2.55. The van der Waals surface area contributed by atoms with Crippen LogP contribution in [0.4, 0.5) is 0 Å². The zero-order valence-corrected chi connectivity index (χ0v) is 13.1. The molecule has 0 aromatic carbocycles. The number of carboxylic acids is 1. The highest BCUT2D eigenvalue weighted by molar-refractivity contribution is 5.88. The molecule has 3 heterocycles. The van der Waals surface area contributed by atoms with E-state index in [1.165, 1.54) is 0 Å². The van der Waals surface area contributed by atoms with E-state index in [2.05, 4.69) is 9.88 Å². The maximum absolute atomic E-state index is 11.6. The Kier molecular flexibility index (Phi) is 3.88. The minimum Gasteiger partial charge on any atom is -0.476 e. The van der Waals surface area contributed by atoms with Gasteiger partial charge in [0.25, 0.3) is 0 Å². The number of hydrogen-bond donors (Lipinski definition) is 1. The SMILES string of the molecule is Cc1cccc2nc(C(=O)O)c(CN3CC(C)OC(C)C3)n12. The maximum Gasteiger partial charge on any atom is 0.356 e. The summed E-state index contributed by atoms with van der Waals surface area (Å²) in [4.78, 5) is 18.1. The van der Waals surface area contributed by atoms with Crippen molar-refractivity contribution in [2.24, 2.45) is 0 Å². The number of aromatic nitrogens is 2. The van der Waals surface area contributed by atoms with Gasteiger partial charge in [0.15, 0.2) is 5.69 Å². The first-order chi connectivity index (χ1) is 10.5. The van der Waals surface area contributed by atoms with Crippen LogP contribution in [0.5, 0.6) is 0 Å². The Morgan fingerprint density at radius 1 is 1.36 bits per heavy atom. The van der Waals surface area contributed by atoms with Crippen molar-refractivity contribution >= 4 is 11.6 Å². The smallest absolute Gasteiger partial charge is 0.356 e. The number of nitrogens with zero attached hydrogens (tertiary/aromatic N) is 3. The molecule has 2 unspecified atom stereocenters. The van der Waals surface area contributed by atoms with Gasteiger partial charge in [0.2, 0.25) is 0 Å². The van der Waals surface area contributed by atoms with Crippen molar-refractivity contribution in [3.63, 3.8) is 0 Å². The largest absolute Gasteiger partial charge is 0.476 e. The number of carbonyl (C=O) groups is 1. The number of aryl methyl sites for hydroxylation is 1. The average Bonchev–Trinajstić information content (AvgIpc) is 2.78. The first-order valence-electron chi connectivity index (χ1n) is 7.53. The highest BCUT2D eigenvalue weighted by Crippen LogP contribution is 2.20. The van der Waals surface area contributed by atoms with Crippen LogP contribution in [-0.2, 0) is 11.3 Å². The fourth-order valence-electron chi connectivity index (χ4n) is 3.27. The Bertz CT molecular complexity index is 700. The van der Waals surface area contributed by atoms with E-state index in [4.69, 9.17) is 4.74 Å². The van der Waals surface area contributed by atoms with Gasteiger partial charge in [-0.15, -0.1) is 0 Å². The molecule has 0 aliphatic carbocycles. The minimum atomic E-state index is -0.979. The van der Waals surface area contributed by atoms with Crippen LogP contribution in [0.15, 0.2) is 18.2 Å². The minimum absolute atomic E-state index is 0.140. The second-order valence-electron chi connectivity index (χ2n) is 6.02. The molecule has 118 valence electrons. The number of aromatic carboxylic acids is 1. The molecule has 2 aromatic heterocycles. The molecule has 0 saturated carbocycles. The highest BCUT2D eigenvalue weighted by atomic mass is 16.5. The van der Waals surface area contributed by atoms with Crippen LogP contribution in [0.1, 0.15) is 35.7 Å². The van der Waals surface area contributed by atoms with Crippen molar-refractivity contribution in [1.82, 2.24) is 14.3 Å². The molecule has 1 fully saturated rings. The number of rotatable bonds is 3. The van der Waals surface area contributed by atoms with E-state index < -0.39 is 5.97 Å². The lowest BCUT2D eigenvalue weighted by molar-refractivity contribution is -0.0708. The quantitative estimate of drug-likeness (QED) is 0.938. The molecule has 6 heteroatoms. The van der Waals surface area contributed by atoms with Gasteiger partial charge in [0, 0.05) is 25.3 Å². The van der Waals surface area contributed by atoms with Gasteiger partial charge in [-0.3, -0.25) is 9.30 Å². The third kappa shape index (κ3) is 2.71. The lowest BCUT2D eigenvalue weighted by Crippen LogP contribution is -2.45. The second-order valence-corrected chi connectivity index (χ2v) is 6.02. The van der Waals surface area contributed by atoms with Crippen LogP contribution in [0.3, 0.4) is 0 Å². The monoisotopic (exact) mass is 303 g/mol. The van der Waals surface area contributed by atoms with Gasteiger partial charge in [-0.05, 0) is 32.9 Å². The van der Waals surface area contributed by atoms with Crippen molar-refractivity contribution in [3.8, 4) is 0 Å². The molecule has 22 heavy (non-hydrogen) atoms. The van der Waals surface area contributed by atoms with Crippen molar-refractivity contribution in [2.75, 3.05) is 13.1 Å². The highest BCUT2D eigenvalue weighted by Gasteiger charge is 2.26. The fourth-order valence-corrected chi connectivity index (χ4v) is 3.27. The van der Waals surface area contributed by atoms with E-state index in [-0.39, 0.29) is 17.9 Å². The van der Waals surface area contributed by atoms with E-state index in [1.54, 1.807) is 0 Å². The zero-order chi connectivity index (χ0) is 15.9. The van der Waals surface area contributed by atoms with Crippen molar-refractivity contribution in [3.05, 3.63) is 35.3 Å². The molecule has 2 aromatic rings. The summed E-state index contributed by atoms with van der Waals surface area (Å²) in [6, 6.07) is 5.70. The van der Waals surface area contributed by atoms with Gasteiger partial charge < -0.3 is 9.84 Å². The summed E-state index contributed by atoms with van der Waals surface area (Å²) < 4.78 is 7.68. The lowest BCUT2D eigenvalue weighted by atomic mass is 10.2. The predicted molar refractivity (Wildman–Crippen MR) is 82.2 cm³/mol. The third-order valence-electron chi connectivity index (χ3n) is 4.01. The number of carboxylic acid groups (broad SMARTS) is 1. The Morgan fingerprint density at radius 2 is 2.05 bits per heavy atom. The summed E-state index contributed by atoms with van der Waals surface area (Å²) >= 11 is 0. The van der Waals surface area contributed by atoms with Crippen molar-refractivity contribution in [1.29, 1.82) is 0 Å². The topological polar surface area (TPSA) is 67.1 Å². The van der Waals surface area contributed by atoms with E-state index in [0.29, 0.717) is 12.2 Å². The Morgan fingerprint density at radius 3 is 2.68 bits per heavy atom. The molecule has 0 radical (unpaired) electrons. The molecular formula is C16H21N3O3. The van der Waals surface area contributed by atoms with Crippen molar-refractivity contribution in [2.45, 2.75) is 39.5 Å². The number of fused-ring (bicyclic) bond motifs is 1. The van der Waals surface area contributed by atoms with Crippen LogP contribution >= 0.6 is 0 Å². The van der Waals surface area contributed by atoms with Gasteiger partial charge in [-0.1, -0.05) is 6.07 Å². The van der Waals surface area contributed by atoms with Crippen LogP contribution in [-0.4, -0.2) is 50.7 Å². The van der Waals surface area contributed by atoms with E-state index in [9.17, 15) is 9.90 Å². The van der Waals surface area contributed by atoms with Crippen LogP contribution in [0.25, 0.3) is 5.65 Å². The Hall–Kier alpha value is -1.92. The summed E-state index contributed by atoms with van der Waals surface area (Å²) in [6.45, 7) is 8.20. The van der Waals surface area contributed by atoms with Gasteiger partial charge in [-0.2, -0.15) is 0 Å². The molecule has 1 N–H and O–H groups in total. The summed E-state index contributed by atoms with van der Waals surface area (Å²) in [6.07, 6.45) is 0.301. The molecule has 0 bridgehead atoms. The molecule has 0 spiro atoms. The van der Waals surface area contributed by atoms with E-state index >= 15 is 0 Å². The second kappa shape index (κ2) is 5.70. The molecular weight excluding hydrogens is 282 g/mol. The van der Waals surface area contributed by atoms with Crippen LogP contribution < -0.4 is 0 Å². The fraction of sp³-hybridized carbons (Fsp3) is 0.500. The average molecular weight is 303 g/mol. The van der Waals surface area contributed by atoms with E-state index in [0.717, 1.165) is 24.5 Å². The van der Waals surface area contributed by atoms with Crippen LogP contribution in [0, 0.1) is 6.92 Å². The van der Waals surface area contributed by atoms with Crippen molar-refractivity contribution < 1.29 is 14.6 Å². The Labute approximate surface area is 129 Å². The number of pyridine rings is 1. The zero-order valence-electron chi connectivity index (χ0n) is 13.1. The van der Waals surface area contributed by atoms with Gasteiger partial charge >= 0.3 is 5.97 Å². The normalized spacial score (nSPS) is 23.0. The first-order valence-corrected chi connectivity index (χ1v) is 7.53. The third-order valence-corrected chi connectivity index (χ3v) is 4.01. The summed E-state index contributed by atoms with van der Waals surface area (Å²) in [5, 5.41) is 9.47. The standard InChI is InChI=1S/C16H21N3O3/c1-10-5-4-6-14-17-15(16(20)21)13(19(10)14)9-18-7-11(2)22-12(3)8-18/h4-6,11-12H,7-9H2,1-3H3,(H,20,21). The summed E-state index contributed by atoms with van der Waals surface area (Å²) in [7, 11) is 0. The molecule has 3 rings (SSSR count). The van der Waals surface area contributed by atoms with Crippen LogP contribution in [0.2, 0.25) is 0 Å². The number of morpholine rings is 1. The molecule has 1 aliphatic rings. The Balaban J connectivity index is 2.01. The molecule has 1 aliphatic heterocycles. The maximum atomic E-state index is 11.6. The number of hydrogen-bond acceptors (Lipinski definition) is 4. The summed E-state index contributed by atoms with van der Waals surface area (Å²) in [5.74, 6) is -0.979. The van der Waals surface area contributed by atoms with E-state index in [1.807, 2.05) is 43.4 Å². The number of ether oxygens (including phenoxy) is 1. The molecule has 0 amide bonds. The van der Waals surface area contributed by atoms with Gasteiger partial charge in [-0.25, -0.2) is 9.78 Å². The van der Waals surface area contributed by atoms with Gasteiger partial charge in [0.05, 0.1) is 17.9 Å².